The monoisotopic (exact) mass is 297 g/mol. The summed E-state index contributed by atoms with van der Waals surface area (Å²) in [7, 11) is 0. The first-order valence-electron chi connectivity index (χ1n) is 9.02. The van der Waals surface area contributed by atoms with Crippen molar-refractivity contribution < 1.29 is 4.74 Å². The Labute approximate surface area is 131 Å². The molecule has 0 radical (unpaired) electrons. The van der Waals surface area contributed by atoms with Gasteiger partial charge in [-0.3, -0.25) is 4.90 Å². The van der Waals surface area contributed by atoms with Crippen LogP contribution in [-0.2, 0) is 4.74 Å². The average Bonchev–Trinajstić information content (AvgIpc) is 2.54. The molecular formula is C17H35N3O. The van der Waals surface area contributed by atoms with E-state index in [2.05, 4.69) is 35.9 Å². The summed E-state index contributed by atoms with van der Waals surface area (Å²) < 4.78 is 5.73. The molecule has 21 heavy (non-hydrogen) atoms. The fourth-order valence-corrected chi connectivity index (χ4v) is 3.55. The summed E-state index contributed by atoms with van der Waals surface area (Å²) in [5, 5.41) is 3.73. The molecule has 0 amide bonds. The van der Waals surface area contributed by atoms with Gasteiger partial charge in [0.2, 0.25) is 0 Å². The first-order chi connectivity index (χ1) is 10.2. The van der Waals surface area contributed by atoms with Gasteiger partial charge in [-0.15, -0.1) is 0 Å². The van der Waals surface area contributed by atoms with E-state index in [0.717, 1.165) is 25.8 Å². The minimum absolute atomic E-state index is 0.659. The highest BCUT2D eigenvalue weighted by Crippen LogP contribution is 2.18. The lowest BCUT2D eigenvalue weighted by molar-refractivity contribution is 0.00604. The van der Waals surface area contributed by atoms with E-state index >= 15 is 0 Å². The Hall–Kier alpha value is -0.160. The van der Waals surface area contributed by atoms with E-state index in [-0.39, 0.29) is 0 Å². The minimum Gasteiger partial charge on any atom is -0.381 e. The molecule has 3 unspecified atom stereocenters. The zero-order valence-electron chi connectivity index (χ0n) is 14.3. The number of hydrogen-bond acceptors (Lipinski definition) is 4. The number of nitrogens with one attached hydrogen (secondary N) is 1. The Morgan fingerprint density at radius 3 is 2.62 bits per heavy atom. The zero-order chi connectivity index (χ0) is 15.1. The third-order valence-electron chi connectivity index (χ3n) is 5.24. The van der Waals surface area contributed by atoms with Gasteiger partial charge in [-0.25, -0.2) is 0 Å². The molecule has 0 aliphatic carbocycles. The molecule has 4 heteroatoms. The Balaban J connectivity index is 1.75. The van der Waals surface area contributed by atoms with Crippen LogP contribution in [0, 0.1) is 5.92 Å². The number of ether oxygens (including phenoxy) is 1. The van der Waals surface area contributed by atoms with Gasteiger partial charge in [0.25, 0.3) is 0 Å². The topological polar surface area (TPSA) is 27.7 Å². The van der Waals surface area contributed by atoms with Gasteiger partial charge in [-0.2, -0.15) is 0 Å². The largest absolute Gasteiger partial charge is 0.381 e. The molecule has 2 saturated heterocycles. The molecule has 2 aliphatic rings. The maximum absolute atomic E-state index is 5.73. The van der Waals surface area contributed by atoms with Crippen molar-refractivity contribution in [1.29, 1.82) is 0 Å². The fraction of sp³-hybridized carbons (Fsp3) is 1.00. The molecule has 2 aliphatic heterocycles. The Bertz CT molecular complexity index is 279. The first-order valence-corrected chi connectivity index (χ1v) is 9.02. The van der Waals surface area contributed by atoms with Gasteiger partial charge >= 0.3 is 0 Å². The fourth-order valence-electron chi connectivity index (χ4n) is 3.55. The van der Waals surface area contributed by atoms with E-state index in [1.165, 1.54) is 52.0 Å². The van der Waals surface area contributed by atoms with Gasteiger partial charge in [0.15, 0.2) is 0 Å². The summed E-state index contributed by atoms with van der Waals surface area (Å²) in [6.07, 6.45) is 3.66. The Morgan fingerprint density at radius 1 is 1.19 bits per heavy atom. The van der Waals surface area contributed by atoms with Crippen molar-refractivity contribution in [3.8, 4) is 0 Å². The van der Waals surface area contributed by atoms with Crippen LogP contribution < -0.4 is 5.32 Å². The lowest BCUT2D eigenvalue weighted by atomic mass is 9.94. The summed E-state index contributed by atoms with van der Waals surface area (Å²) in [5.74, 6) is 0.667. The Kier molecular flexibility index (Phi) is 7.44. The number of rotatable bonds is 7. The standard InChI is InChI=1S/C17H35N3O/c1-4-7-18-17-6-12-21-14-16(17)13-19-8-10-20(11-9-19)15(3)5-2/h15-18H,4-14H2,1-3H3. The van der Waals surface area contributed by atoms with E-state index < -0.39 is 0 Å². The van der Waals surface area contributed by atoms with Crippen molar-refractivity contribution >= 4 is 0 Å². The molecule has 2 heterocycles. The molecular weight excluding hydrogens is 262 g/mol. The average molecular weight is 297 g/mol. The summed E-state index contributed by atoms with van der Waals surface area (Å²) in [4.78, 5) is 5.29. The summed E-state index contributed by atoms with van der Waals surface area (Å²) >= 11 is 0. The van der Waals surface area contributed by atoms with Crippen molar-refractivity contribution in [2.75, 3.05) is 52.5 Å². The van der Waals surface area contributed by atoms with Crippen LogP contribution in [-0.4, -0.2) is 74.4 Å². The van der Waals surface area contributed by atoms with Crippen LogP contribution >= 0.6 is 0 Å². The molecule has 2 fully saturated rings. The molecule has 0 aromatic carbocycles. The molecule has 0 saturated carbocycles. The lowest BCUT2D eigenvalue weighted by Gasteiger charge is -2.41. The van der Waals surface area contributed by atoms with Crippen LogP contribution in [0.2, 0.25) is 0 Å². The van der Waals surface area contributed by atoms with Crippen LogP contribution in [0.15, 0.2) is 0 Å². The van der Waals surface area contributed by atoms with Crippen molar-refractivity contribution in [3.63, 3.8) is 0 Å². The molecule has 1 N–H and O–H groups in total. The molecule has 3 atom stereocenters. The second-order valence-electron chi connectivity index (χ2n) is 6.78. The van der Waals surface area contributed by atoms with Crippen molar-refractivity contribution in [1.82, 2.24) is 15.1 Å². The van der Waals surface area contributed by atoms with Gasteiger partial charge < -0.3 is 15.0 Å². The van der Waals surface area contributed by atoms with Gasteiger partial charge in [0, 0.05) is 57.3 Å². The Morgan fingerprint density at radius 2 is 1.95 bits per heavy atom. The second-order valence-corrected chi connectivity index (χ2v) is 6.78. The smallest absolute Gasteiger partial charge is 0.0521 e. The van der Waals surface area contributed by atoms with E-state index in [9.17, 15) is 0 Å². The third-order valence-corrected chi connectivity index (χ3v) is 5.24. The molecule has 0 aromatic rings. The summed E-state index contributed by atoms with van der Waals surface area (Å²) in [6.45, 7) is 16.0. The quantitative estimate of drug-likeness (QED) is 0.775. The molecule has 0 spiro atoms. The maximum Gasteiger partial charge on any atom is 0.0521 e. The SMILES string of the molecule is CCCNC1CCOCC1CN1CCN(C(C)CC)CC1. The summed E-state index contributed by atoms with van der Waals surface area (Å²) in [6, 6.07) is 1.40. The summed E-state index contributed by atoms with van der Waals surface area (Å²) in [5.41, 5.74) is 0. The second kappa shape index (κ2) is 9.09. The minimum atomic E-state index is 0.659. The van der Waals surface area contributed by atoms with Crippen molar-refractivity contribution in [2.24, 2.45) is 5.92 Å². The van der Waals surface area contributed by atoms with E-state index in [0.29, 0.717) is 12.0 Å². The predicted octanol–water partition coefficient (Wildman–Crippen LogP) is 1.81. The molecule has 2 rings (SSSR count). The van der Waals surface area contributed by atoms with Crippen molar-refractivity contribution in [3.05, 3.63) is 0 Å². The van der Waals surface area contributed by atoms with Gasteiger partial charge in [0.05, 0.1) is 6.61 Å². The van der Waals surface area contributed by atoms with Crippen LogP contribution in [0.1, 0.15) is 40.0 Å². The molecule has 124 valence electrons. The molecule has 0 aromatic heterocycles. The van der Waals surface area contributed by atoms with Crippen LogP contribution in [0.5, 0.6) is 0 Å². The highest BCUT2D eigenvalue weighted by Gasteiger charge is 2.28. The zero-order valence-corrected chi connectivity index (χ0v) is 14.3. The van der Waals surface area contributed by atoms with Crippen LogP contribution in [0.4, 0.5) is 0 Å². The van der Waals surface area contributed by atoms with Gasteiger partial charge in [-0.05, 0) is 32.7 Å². The molecule has 0 bridgehead atoms. The van der Waals surface area contributed by atoms with E-state index in [4.69, 9.17) is 4.74 Å². The first kappa shape index (κ1) is 17.2. The normalized spacial score (nSPS) is 30.4. The van der Waals surface area contributed by atoms with E-state index in [1.807, 2.05) is 0 Å². The van der Waals surface area contributed by atoms with Gasteiger partial charge in [0.1, 0.15) is 0 Å². The number of piperazine rings is 1. The number of nitrogens with zero attached hydrogens (tertiary/aromatic N) is 2. The van der Waals surface area contributed by atoms with E-state index in [1.54, 1.807) is 0 Å². The van der Waals surface area contributed by atoms with Gasteiger partial charge in [-0.1, -0.05) is 13.8 Å². The predicted molar refractivity (Wildman–Crippen MR) is 88.8 cm³/mol. The van der Waals surface area contributed by atoms with Crippen LogP contribution in [0.3, 0.4) is 0 Å². The van der Waals surface area contributed by atoms with Crippen molar-refractivity contribution in [2.45, 2.75) is 52.1 Å². The lowest BCUT2D eigenvalue weighted by Crippen LogP contribution is -2.53. The highest BCUT2D eigenvalue weighted by atomic mass is 16.5. The molecule has 4 nitrogen and oxygen atoms in total. The third kappa shape index (κ3) is 5.20. The van der Waals surface area contributed by atoms with Crippen LogP contribution in [0.25, 0.3) is 0 Å². The number of hydrogen-bond donors (Lipinski definition) is 1. The highest BCUT2D eigenvalue weighted by molar-refractivity contribution is 4.84. The maximum atomic E-state index is 5.73.